The maximum Gasteiger partial charge on any atom is 0.0641 e. The zero-order valence-electron chi connectivity index (χ0n) is 38.0. The van der Waals surface area contributed by atoms with Crippen LogP contribution in [0.4, 0.5) is 34.1 Å². The third-order valence-corrected chi connectivity index (χ3v) is 14.7. The van der Waals surface area contributed by atoms with Gasteiger partial charge in [-0.3, -0.25) is 0 Å². The fraction of sp³-hybridized carbons (Fsp3) is 0. The quantitative estimate of drug-likeness (QED) is 0.151. The van der Waals surface area contributed by atoms with Gasteiger partial charge in [-0.15, -0.1) is 0 Å². The number of rotatable bonds is 8. The second-order valence-corrected chi connectivity index (χ2v) is 18.5. The van der Waals surface area contributed by atoms with Crippen LogP contribution < -0.4 is 9.80 Å². The maximum absolute atomic E-state index is 2.54. The van der Waals surface area contributed by atoms with Crippen molar-refractivity contribution in [1.82, 2.24) is 8.80 Å². The number of benzene rings is 11. The van der Waals surface area contributed by atoms with Crippen LogP contribution in [0.5, 0.6) is 0 Å². The van der Waals surface area contributed by atoms with Crippen LogP contribution in [0.2, 0.25) is 0 Å². The molecule has 0 fully saturated rings. The molecule has 4 aromatic heterocycles. The molecule has 0 aliphatic carbocycles. The minimum Gasteiger partial charge on any atom is -0.310 e. The van der Waals surface area contributed by atoms with Gasteiger partial charge in [-0.2, -0.15) is 0 Å². The number of nitrogens with zero attached hydrogens (tertiary/aromatic N) is 4. The highest BCUT2D eigenvalue weighted by Crippen LogP contribution is 2.51. The molecule has 0 unspecified atom stereocenters. The summed E-state index contributed by atoms with van der Waals surface area (Å²) in [5.41, 5.74) is 18.9. The third kappa shape index (κ3) is 5.59. The number of para-hydroxylation sites is 4. The first-order chi connectivity index (χ1) is 34.8. The molecule has 4 heteroatoms. The summed E-state index contributed by atoms with van der Waals surface area (Å²) in [5.74, 6) is 0. The van der Waals surface area contributed by atoms with Gasteiger partial charge in [-0.1, -0.05) is 170 Å². The van der Waals surface area contributed by atoms with Gasteiger partial charge in [-0.25, -0.2) is 0 Å². The summed E-state index contributed by atoms with van der Waals surface area (Å²) in [6, 6.07) is 93.2. The molecule has 0 bridgehead atoms. The van der Waals surface area contributed by atoms with E-state index in [0.717, 1.165) is 34.1 Å². The lowest BCUT2D eigenvalue weighted by Crippen LogP contribution is -2.10. The molecule has 0 spiro atoms. The molecule has 0 aliphatic rings. The standard InChI is InChI=1S/C66H42N4/c1-5-17-43(18-6-1)45-29-33-49(34-30-45)67(47-21-9-3-10-22-47)59-39-37-51-55-41-62-56(42-61(55)69-57-27-15-13-25-53(57)63(59)65(51)69)52-38-40-60(64-54-26-14-16-28-58(54)70(62)66(52)64)68(48-23-11-4-12-24-48)50-35-31-46(32-36-50)44-19-7-2-8-20-44/h1-42H. The number of fused-ring (bicyclic) bond motifs is 12. The van der Waals surface area contributed by atoms with Gasteiger partial charge in [-0.05, 0) is 107 Å². The predicted molar refractivity (Wildman–Crippen MR) is 296 cm³/mol. The van der Waals surface area contributed by atoms with Gasteiger partial charge in [0.1, 0.15) is 0 Å². The van der Waals surface area contributed by atoms with Crippen LogP contribution in [0.3, 0.4) is 0 Å². The lowest BCUT2D eigenvalue weighted by atomic mass is 10.0. The first-order valence-corrected chi connectivity index (χ1v) is 24.1. The molecule has 0 saturated carbocycles. The smallest absolute Gasteiger partial charge is 0.0641 e. The van der Waals surface area contributed by atoms with Crippen LogP contribution >= 0.6 is 0 Å². The summed E-state index contributed by atoms with van der Waals surface area (Å²) in [5, 5.41) is 9.97. The van der Waals surface area contributed by atoms with E-state index in [9.17, 15) is 0 Å². The molecule has 11 aromatic carbocycles. The van der Waals surface area contributed by atoms with E-state index in [-0.39, 0.29) is 0 Å². The summed E-state index contributed by atoms with van der Waals surface area (Å²) < 4.78 is 5.07. The van der Waals surface area contributed by atoms with Crippen LogP contribution in [0.15, 0.2) is 255 Å². The van der Waals surface area contributed by atoms with E-state index in [1.54, 1.807) is 0 Å². The van der Waals surface area contributed by atoms with Gasteiger partial charge in [0.25, 0.3) is 0 Å². The maximum atomic E-state index is 2.54. The first kappa shape index (κ1) is 38.7. The van der Waals surface area contributed by atoms with Crippen molar-refractivity contribution < 1.29 is 0 Å². The monoisotopic (exact) mass is 890 g/mol. The molecule has 15 aromatic rings. The van der Waals surface area contributed by atoms with Crippen LogP contribution in [-0.4, -0.2) is 8.80 Å². The highest BCUT2D eigenvalue weighted by atomic mass is 15.2. The van der Waals surface area contributed by atoms with Gasteiger partial charge in [0.2, 0.25) is 0 Å². The Morgan fingerprint density at radius 1 is 0.229 bits per heavy atom. The van der Waals surface area contributed by atoms with Crippen molar-refractivity contribution in [1.29, 1.82) is 0 Å². The molecule has 0 saturated heterocycles. The Balaban J connectivity index is 0.967. The van der Waals surface area contributed by atoms with E-state index >= 15 is 0 Å². The lowest BCUT2D eigenvalue weighted by Gasteiger charge is -2.26. The molecule has 0 aliphatic heterocycles. The molecule has 0 atom stereocenters. The van der Waals surface area contributed by atoms with Gasteiger partial charge >= 0.3 is 0 Å². The van der Waals surface area contributed by atoms with E-state index in [1.165, 1.54) is 98.4 Å². The Morgan fingerprint density at radius 2 is 0.557 bits per heavy atom. The molecule has 15 rings (SSSR count). The van der Waals surface area contributed by atoms with Crippen LogP contribution in [-0.2, 0) is 0 Å². The number of anilines is 6. The van der Waals surface area contributed by atoms with Gasteiger partial charge in [0, 0.05) is 65.8 Å². The molecule has 4 nitrogen and oxygen atoms in total. The van der Waals surface area contributed by atoms with Crippen molar-refractivity contribution in [2.24, 2.45) is 0 Å². The Labute approximate surface area is 404 Å². The fourth-order valence-electron chi connectivity index (χ4n) is 11.7. The zero-order valence-corrected chi connectivity index (χ0v) is 38.0. The van der Waals surface area contributed by atoms with E-state index in [1.807, 2.05) is 0 Å². The molecule has 0 radical (unpaired) electrons. The molecule has 0 amide bonds. The van der Waals surface area contributed by atoms with Crippen LogP contribution in [0, 0.1) is 0 Å². The Bertz CT molecular complexity index is 4140. The van der Waals surface area contributed by atoms with Gasteiger partial charge < -0.3 is 18.6 Å². The van der Waals surface area contributed by atoms with Gasteiger partial charge in [0.15, 0.2) is 0 Å². The van der Waals surface area contributed by atoms with Crippen LogP contribution in [0.1, 0.15) is 0 Å². The van der Waals surface area contributed by atoms with Crippen molar-refractivity contribution in [3.63, 3.8) is 0 Å². The third-order valence-electron chi connectivity index (χ3n) is 14.7. The van der Waals surface area contributed by atoms with E-state index in [4.69, 9.17) is 0 Å². The average Bonchev–Trinajstić information content (AvgIpc) is 4.16. The zero-order chi connectivity index (χ0) is 45.9. The molecule has 0 N–H and O–H groups in total. The van der Waals surface area contributed by atoms with Crippen molar-refractivity contribution in [3.05, 3.63) is 255 Å². The summed E-state index contributed by atoms with van der Waals surface area (Å²) in [7, 11) is 0. The predicted octanol–water partition coefficient (Wildman–Crippen LogP) is 18.3. The molecule has 326 valence electrons. The average molecular weight is 891 g/mol. The summed E-state index contributed by atoms with van der Waals surface area (Å²) in [6.45, 7) is 0. The van der Waals surface area contributed by atoms with E-state index in [2.05, 4.69) is 273 Å². The molecular weight excluding hydrogens is 849 g/mol. The molecular formula is C66H42N4. The summed E-state index contributed by atoms with van der Waals surface area (Å²) in [6.07, 6.45) is 0. The Kier molecular flexibility index (Phi) is 8.33. The minimum atomic E-state index is 1.11. The number of hydrogen-bond donors (Lipinski definition) is 0. The second-order valence-electron chi connectivity index (χ2n) is 18.5. The SMILES string of the molecule is c1ccc(-c2ccc(N(c3ccccc3)c3ccc4c5cc6c(cc5n5c7ccccc7c3c45)c3ccc(N(c4ccccc4)c4ccc(-c5ccccc5)cc4)c4c5ccccc5n6c34)cc2)cc1. The normalized spacial score (nSPS) is 12.0. The molecule has 70 heavy (non-hydrogen) atoms. The fourth-order valence-corrected chi connectivity index (χ4v) is 11.7. The number of aromatic nitrogens is 2. The highest BCUT2D eigenvalue weighted by Gasteiger charge is 2.28. The molecule has 4 heterocycles. The lowest BCUT2D eigenvalue weighted by molar-refractivity contribution is 1.30. The largest absolute Gasteiger partial charge is 0.310 e. The van der Waals surface area contributed by atoms with Gasteiger partial charge in [0.05, 0.1) is 44.5 Å². The van der Waals surface area contributed by atoms with Crippen molar-refractivity contribution in [2.75, 3.05) is 9.80 Å². The summed E-state index contributed by atoms with van der Waals surface area (Å²) >= 11 is 0. The van der Waals surface area contributed by atoms with E-state index < -0.39 is 0 Å². The topological polar surface area (TPSA) is 15.3 Å². The summed E-state index contributed by atoms with van der Waals surface area (Å²) in [4.78, 5) is 4.86. The van der Waals surface area contributed by atoms with Crippen molar-refractivity contribution in [2.45, 2.75) is 0 Å². The van der Waals surface area contributed by atoms with Crippen molar-refractivity contribution >= 4 is 110 Å². The van der Waals surface area contributed by atoms with E-state index in [0.29, 0.717) is 0 Å². The number of hydrogen-bond acceptors (Lipinski definition) is 2. The Morgan fingerprint density at radius 3 is 0.957 bits per heavy atom. The minimum absolute atomic E-state index is 1.11. The first-order valence-electron chi connectivity index (χ1n) is 24.1. The highest BCUT2D eigenvalue weighted by molar-refractivity contribution is 6.32. The van der Waals surface area contributed by atoms with Crippen molar-refractivity contribution in [3.8, 4) is 22.3 Å². The second kappa shape index (κ2) is 15.1. The van der Waals surface area contributed by atoms with Crippen LogP contribution in [0.25, 0.3) is 98.4 Å². The Hall–Kier alpha value is -9.38.